The van der Waals surface area contributed by atoms with Gasteiger partial charge in [-0.2, -0.15) is 0 Å². The lowest BCUT2D eigenvalue weighted by molar-refractivity contribution is 0.171. The average Bonchev–Trinajstić information content (AvgIpc) is 2.48. The predicted molar refractivity (Wildman–Crippen MR) is 78.8 cm³/mol. The smallest absolute Gasteiger partial charge is 0.0746 e. The lowest BCUT2D eigenvalue weighted by atomic mass is 9.97. The zero-order valence-electron chi connectivity index (χ0n) is 11.3. The van der Waals surface area contributed by atoms with E-state index in [9.17, 15) is 0 Å². The average molecular weight is 255 g/mol. The molecule has 3 rings (SSSR count). The Balaban J connectivity index is 1.81. The lowest BCUT2D eigenvalue weighted by Gasteiger charge is -2.32. The van der Waals surface area contributed by atoms with Crippen LogP contribution in [-0.4, -0.2) is 29.5 Å². The summed E-state index contributed by atoms with van der Waals surface area (Å²) >= 11 is 0. The molecule has 2 heterocycles. The standard InChI is InChI=1S/C16H21N3/c17-10-13-4-3-9-19(11-13)12-15-6-1-5-14-7-2-8-18-16(14)15/h1-2,5-8,13H,3-4,9-12,17H2. The van der Waals surface area contributed by atoms with Crippen molar-refractivity contribution in [3.63, 3.8) is 0 Å². The van der Waals surface area contributed by atoms with Gasteiger partial charge >= 0.3 is 0 Å². The normalized spacial score (nSPS) is 20.8. The molecule has 0 amide bonds. The minimum absolute atomic E-state index is 0.664. The second-order valence-electron chi connectivity index (χ2n) is 5.47. The molecule has 1 aromatic heterocycles. The molecule has 1 unspecified atom stereocenters. The molecule has 0 bridgehead atoms. The number of piperidine rings is 1. The van der Waals surface area contributed by atoms with Crippen molar-refractivity contribution < 1.29 is 0 Å². The van der Waals surface area contributed by atoms with Gasteiger partial charge < -0.3 is 5.73 Å². The maximum Gasteiger partial charge on any atom is 0.0746 e. The van der Waals surface area contributed by atoms with E-state index in [1.54, 1.807) is 0 Å². The number of rotatable bonds is 3. The van der Waals surface area contributed by atoms with Crippen LogP contribution in [0.3, 0.4) is 0 Å². The fourth-order valence-electron chi connectivity index (χ4n) is 3.02. The van der Waals surface area contributed by atoms with E-state index in [0.717, 1.165) is 25.2 Å². The van der Waals surface area contributed by atoms with Gasteiger partial charge in [0, 0.05) is 24.7 Å². The number of aromatic nitrogens is 1. The highest BCUT2D eigenvalue weighted by molar-refractivity contribution is 5.81. The first-order valence-electron chi connectivity index (χ1n) is 7.12. The minimum Gasteiger partial charge on any atom is -0.330 e. The van der Waals surface area contributed by atoms with Gasteiger partial charge in [-0.1, -0.05) is 24.3 Å². The van der Waals surface area contributed by atoms with Crippen molar-refractivity contribution in [3.8, 4) is 0 Å². The summed E-state index contributed by atoms with van der Waals surface area (Å²) in [5.74, 6) is 0.664. The van der Waals surface area contributed by atoms with E-state index in [-0.39, 0.29) is 0 Å². The summed E-state index contributed by atoms with van der Waals surface area (Å²) in [6.45, 7) is 4.11. The number of hydrogen-bond acceptors (Lipinski definition) is 3. The first-order chi connectivity index (χ1) is 9.36. The molecule has 2 aromatic rings. The Morgan fingerprint density at radius 1 is 1.26 bits per heavy atom. The molecule has 1 saturated heterocycles. The van der Waals surface area contributed by atoms with E-state index in [1.807, 2.05) is 12.3 Å². The summed E-state index contributed by atoms with van der Waals surface area (Å²) in [5.41, 5.74) is 8.28. The highest BCUT2D eigenvalue weighted by Crippen LogP contribution is 2.21. The van der Waals surface area contributed by atoms with Crippen LogP contribution >= 0.6 is 0 Å². The molecule has 0 aliphatic carbocycles. The van der Waals surface area contributed by atoms with Crippen LogP contribution < -0.4 is 5.73 Å². The van der Waals surface area contributed by atoms with Gasteiger partial charge in [0.2, 0.25) is 0 Å². The number of hydrogen-bond donors (Lipinski definition) is 1. The van der Waals surface area contributed by atoms with Crippen molar-refractivity contribution in [3.05, 3.63) is 42.1 Å². The van der Waals surface area contributed by atoms with E-state index in [1.165, 1.54) is 30.3 Å². The third kappa shape index (κ3) is 2.77. The number of nitrogens with zero attached hydrogens (tertiary/aromatic N) is 2. The lowest BCUT2D eigenvalue weighted by Crippen LogP contribution is -2.37. The van der Waals surface area contributed by atoms with Crippen LogP contribution in [0.2, 0.25) is 0 Å². The molecular formula is C16H21N3. The number of likely N-dealkylation sites (tertiary alicyclic amines) is 1. The molecule has 1 fully saturated rings. The monoisotopic (exact) mass is 255 g/mol. The van der Waals surface area contributed by atoms with Crippen LogP contribution in [0.4, 0.5) is 0 Å². The Kier molecular flexibility index (Phi) is 3.76. The molecule has 0 radical (unpaired) electrons. The maximum absolute atomic E-state index is 5.81. The van der Waals surface area contributed by atoms with E-state index < -0.39 is 0 Å². The first kappa shape index (κ1) is 12.6. The number of pyridine rings is 1. The molecule has 3 nitrogen and oxygen atoms in total. The fraction of sp³-hybridized carbons (Fsp3) is 0.438. The summed E-state index contributed by atoms with van der Waals surface area (Å²) < 4.78 is 0. The number of benzene rings is 1. The van der Waals surface area contributed by atoms with Gasteiger partial charge in [-0.3, -0.25) is 9.88 Å². The van der Waals surface area contributed by atoms with Crippen molar-refractivity contribution >= 4 is 10.9 Å². The SMILES string of the molecule is NCC1CCCN(Cc2cccc3cccnc23)C1. The molecule has 0 spiro atoms. The molecule has 2 N–H and O–H groups in total. The van der Waals surface area contributed by atoms with Gasteiger partial charge in [-0.25, -0.2) is 0 Å². The summed E-state index contributed by atoms with van der Waals surface area (Å²) in [6.07, 6.45) is 4.42. The van der Waals surface area contributed by atoms with Crippen LogP contribution in [0.1, 0.15) is 18.4 Å². The highest BCUT2D eigenvalue weighted by Gasteiger charge is 2.19. The Hall–Kier alpha value is -1.45. The van der Waals surface area contributed by atoms with E-state index >= 15 is 0 Å². The maximum atomic E-state index is 5.81. The van der Waals surface area contributed by atoms with Gasteiger partial charge in [0.1, 0.15) is 0 Å². The molecule has 1 atom stereocenters. The number of nitrogens with two attached hydrogens (primary N) is 1. The summed E-state index contributed by atoms with van der Waals surface area (Å²) in [7, 11) is 0. The Morgan fingerprint density at radius 3 is 3.05 bits per heavy atom. The second-order valence-corrected chi connectivity index (χ2v) is 5.47. The van der Waals surface area contributed by atoms with Gasteiger partial charge in [0.05, 0.1) is 5.52 Å². The molecule has 1 aliphatic heterocycles. The third-order valence-electron chi connectivity index (χ3n) is 4.05. The fourth-order valence-corrected chi connectivity index (χ4v) is 3.02. The predicted octanol–water partition coefficient (Wildman–Crippen LogP) is 2.41. The van der Waals surface area contributed by atoms with Crippen LogP contribution in [0.15, 0.2) is 36.5 Å². The Bertz CT molecular complexity index is 547. The number of para-hydroxylation sites is 1. The Labute approximate surface area is 114 Å². The van der Waals surface area contributed by atoms with Gasteiger partial charge in [0.15, 0.2) is 0 Å². The van der Waals surface area contributed by atoms with Crippen molar-refractivity contribution in [2.45, 2.75) is 19.4 Å². The number of fused-ring (bicyclic) bond motifs is 1. The van der Waals surface area contributed by atoms with Crippen LogP contribution in [0, 0.1) is 5.92 Å². The second kappa shape index (κ2) is 5.68. The highest BCUT2D eigenvalue weighted by atomic mass is 15.1. The van der Waals surface area contributed by atoms with Crippen LogP contribution in [0.5, 0.6) is 0 Å². The van der Waals surface area contributed by atoms with E-state index in [0.29, 0.717) is 5.92 Å². The summed E-state index contributed by atoms with van der Waals surface area (Å²) in [6, 6.07) is 10.6. The molecule has 3 heteroatoms. The van der Waals surface area contributed by atoms with Crippen LogP contribution in [-0.2, 0) is 6.54 Å². The van der Waals surface area contributed by atoms with Crippen LogP contribution in [0.25, 0.3) is 10.9 Å². The largest absolute Gasteiger partial charge is 0.330 e. The topological polar surface area (TPSA) is 42.1 Å². The van der Waals surface area contributed by atoms with E-state index in [4.69, 9.17) is 5.73 Å². The minimum atomic E-state index is 0.664. The summed E-state index contributed by atoms with van der Waals surface area (Å²) in [5, 5.41) is 1.23. The molecule has 19 heavy (non-hydrogen) atoms. The third-order valence-corrected chi connectivity index (χ3v) is 4.05. The van der Waals surface area contributed by atoms with E-state index in [2.05, 4.69) is 34.1 Å². The van der Waals surface area contributed by atoms with Gasteiger partial charge in [0.25, 0.3) is 0 Å². The van der Waals surface area contributed by atoms with Crippen molar-refractivity contribution in [1.29, 1.82) is 0 Å². The molecule has 1 aliphatic rings. The Morgan fingerprint density at radius 2 is 2.16 bits per heavy atom. The zero-order valence-corrected chi connectivity index (χ0v) is 11.3. The van der Waals surface area contributed by atoms with Gasteiger partial charge in [-0.15, -0.1) is 0 Å². The van der Waals surface area contributed by atoms with Crippen molar-refractivity contribution in [2.75, 3.05) is 19.6 Å². The van der Waals surface area contributed by atoms with Crippen molar-refractivity contribution in [2.24, 2.45) is 11.7 Å². The van der Waals surface area contributed by atoms with Gasteiger partial charge in [-0.05, 0) is 43.5 Å². The molecule has 0 saturated carbocycles. The molecule has 100 valence electrons. The summed E-state index contributed by atoms with van der Waals surface area (Å²) in [4.78, 5) is 7.05. The molecular weight excluding hydrogens is 234 g/mol. The quantitative estimate of drug-likeness (QED) is 0.915. The van der Waals surface area contributed by atoms with Crippen molar-refractivity contribution in [1.82, 2.24) is 9.88 Å². The first-order valence-corrected chi connectivity index (χ1v) is 7.12. The molecule has 1 aromatic carbocycles. The zero-order chi connectivity index (χ0) is 13.1.